The number of halogens is 5. The van der Waals surface area contributed by atoms with E-state index in [1.165, 1.54) is 0 Å². The Morgan fingerprint density at radius 3 is 1.56 bits per heavy atom. The van der Waals surface area contributed by atoms with E-state index in [0.29, 0.717) is 0 Å². The zero-order chi connectivity index (χ0) is 13.0. The van der Waals surface area contributed by atoms with Gasteiger partial charge in [-0.05, 0) is 15.9 Å². The highest BCUT2D eigenvalue weighted by atomic mass is 79.9. The molecule has 0 heterocycles. The molecule has 0 amide bonds. The van der Waals surface area contributed by atoms with Crippen LogP contribution in [0.2, 0.25) is 24.2 Å². The van der Waals surface area contributed by atoms with Crippen LogP contribution >= 0.6 is 15.9 Å². The lowest BCUT2D eigenvalue weighted by molar-refractivity contribution is -0.148. The van der Waals surface area contributed by atoms with E-state index in [2.05, 4.69) is 0 Å². The van der Waals surface area contributed by atoms with Gasteiger partial charge in [0, 0.05) is 6.42 Å². The average Bonchev–Trinajstić information content (AvgIpc) is 2.19. The Balaban J connectivity index is 4.54. The van der Waals surface area contributed by atoms with Crippen molar-refractivity contribution in [3.8, 4) is 0 Å². The fourth-order valence-electron chi connectivity index (χ4n) is 1.84. The SMILES string of the molecule is CC[Si](CC)(CC)CCC(F)(F)C(F)(F)Br. The van der Waals surface area contributed by atoms with Gasteiger partial charge in [0.15, 0.2) is 0 Å². The average molecular weight is 323 g/mol. The zero-order valence-electron chi connectivity index (χ0n) is 9.93. The quantitative estimate of drug-likeness (QED) is 0.329. The molecule has 0 N–H and O–H groups in total. The third-order valence-corrected chi connectivity index (χ3v) is 10.0. The molecule has 0 aromatic heterocycles. The largest absolute Gasteiger partial charge is 0.363 e. The van der Waals surface area contributed by atoms with Crippen LogP contribution in [0.3, 0.4) is 0 Å². The Morgan fingerprint density at radius 1 is 0.938 bits per heavy atom. The van der Waals surface area contributed by atoms with Crippen molar-refractivity contribution in [3.63, 3.8) is 0 Å². The molecule has 0 saturated heterocycles. The smallest absolute Gasteiger partial charge is 0.199 e. The summed E-state index contributed by atoms with van der Waals surface area (Å²) >= 11 is 1.77. The van der Waals surface area contributed by atoms with E-state index in [-0.39, 0.29) is 6.04 Å². The molecule has 0 bridgehead atoms. The number of hydrogen-bond donors (Lipinski definition) is 0. The molecule has 0 nitrogen and oxygen atoms in total. The summed E-state index contributed by atoms with van der Waals surface area (Å²) in [7, 11) is -1.74. The van der Waals surface area contributed by atoms with Gasteiger partial charge in [0.05, 0.1) is 8.07 Å². The molecule has 6 heteroatoms. The first-order chi connectivity index (χ1) is 7.14. The lowest BCUT2D eigenvalue weighted by Gasteiger charge is -2.31. The maximum atomic E-state index is 13.1. The van der Waals surface area contributed by atoms with E-state index >= 15 is 0 Å². The molecule has 0 aromatic carbocycles. The third-order valence-electron chi connectivity index (χ3n) is 3.63. The minimum Gasteiger partial charge on any atom is -0.199 e. The van der Waals surface area contributed by atoms with E-state index in [9.17, 15) is 17.6 Å². The Morgan fingerprint density at radius 2 is 1.31 bits per heavy atom. The molecule has 16 heavy (non-hydrogen) atoms. The van der Waals surface area contributed by atoms with E-state index in [0.717, 1.165) is 18.1 Å². The molecule has 0 aliphatic rings. The number of alkyl halides is 5. The van der Waals surface area contributed by atoms with Crippen molar-refractivity contribution >= 4 is 24.0 Å². The minimum absolute atomic E-state index is 0.269. The van der Waals surface area contributed by atoms with Gasteiger partial charge in [-0.15, -0.1) is 0 Å². The molecule has 0 aliphatic carbocycles. The summed E-state index contributed by atoms with van der Waals surface area (Å²) in [5.74, 6) is -3.94. The van der Waals surface area contributed by atoms with E-state index in [1.54, 1.807) is 15.9 Å². The van der Waals surface area contributed by atoms with Gasteiger partial charge in [0.1, 0.15) is 0 Å². The van der Waals surface area contributed by atoms with Crippen molar-refractivity contribution in [3.05, 3.63) is 0 Å². The van der Waals surface area contributed by atoms with Crippen LogP contribution in [0.1, 0.15) is 27.2 Å². The van der Waals surface area contributed by atoms with Crippen LogP contribution in [0.15, 0.2) is 0 Å². The Kier molecular flexibility index (Phi) is 6.00. The molecule has 0 unspecified atom stereocenters. The molecule has 0 spiro atoms. The molecule has 0 aliphatic heterocycles. The van der Waals surface area contributed by atoms with Crippen LogP contribution in [-0.4, -0.2) is 18.8 Å². The van der Waals surface area contributed by atoms with E-state index in [4.69, 9.17) is 0 Å². The van der Waals surface area contributed by atoms with Crippen molar-refractivity contribution < 1.29 is 17.6 Å². The van der Waals surface area contributed by atoms with Crippen LogP contribution in [0, 0.1) is 0 Å². The van der Waals surface area contributed by atoms with Crippen LogP contribution < -0.4 is 0 Å². The molecule has 98 valence electrons. The van der Waals surface area contributed by atoms with E-state index < -0.39 is 25.2 Å². The highest BCUT2D eigenvalue weighted by Crippen LogP contribution is 2.44. The highest BCUT2D eigenvalue weighted by molar-refractivity contribution is 9.10. The second kappa shape index (κ2) is 5.84. The van der Waals surface area contributed by atoms with Gasteiger partial charge in [-0.1, -0.05) is 44.9 Å². The topological polar surface area (TPSA) is 0 Å². The Bertz CT molecular complexity index is 201. The molecule has 0 fully saturated rings. The fourth-order valence-corrected chi connectivity index (χ4v) is 5.45. The maximum absolute atomic E-state index is 13.1. The predicted octanol–water partition coefficient (Wildman–Crippen LogP) is 5.51. The summed E-state index contributed by atoms with van der Waals surface area (Å²) in [6.07, 6.45) is -0.715. The first-order valence-corrected chi connectivity index (χ1v) is 9.21. The number of rotatable bonds is 7. The standard InChI is InChI=1S/C10H19BrF4Si/c1-4-16(5-2,6-3)8-7-9(12,13)10(11,14)15/h4-8H2,1-3H3. The van der Waals surface area contributed by atoms with Gasteiger partial charge in [-0.3, -0.25) is 0 Å². The van der Waals surface area contributed by atoms with Gasteiger partial charge in [-0.2, -0.15) is 17.6 Å². The summed E-state index contributed by atoms with van der Waals surface area (Å²) in [5.41, 5.74) is 0. The predicted molar refractivity (Wildman–Crippen MR) is 65.4 cm³/mol. The second-order valence-corrected chi connectivity index (χ2v) is 10.9. The molecular formula is C10H19BrF4Si. The zero-order valence-corrected chi connectivity index (χ0v) is 12.5. The third kappa shape index (κ3) is 4.02. The molecular weight excluding hydrogens is 304 g/mol. The van der Waals surface area contributed by atoms with Gasteiger partial charge < -0.3 is 0 Å². The molecule has 0 rings (SSSR count). The summed E-state index contributed by atoms with van der Waals surface area (Å²) < 4.78 is 51.3. The first kappa shape index (κ1) is 16.4. The van der Waals surface area contributed by atoms with Crippen molar-refractivity contribution in [1.82, 2.24) is 0 Å². The van der Waals surface area contributed by atoms with Gasteiger partial charge in [0.2, 0.25) is 0 Å². The summed E-state index contributed by atoms with van der Waals surface area (Å²) in [5, 5.41) is 0. The fraction of sp³-hybridized carbons (Fsp3) is 1.00. The van der Waals surface area contributed by atoms with Crippen LogP contribution in [0.25, 0.3) is 0 Å². The van der Waals surface area contributed by atoms with Crippen molar-refractivity contribution in [2.24, 2.45) is 0 Å². The molecule has 0 aromatic rings. The first-order valence-electron chi connectivity index (χ1n) is 5.58. The maximum Gasteiger partial charge on any atom is 0.363 e. The van der Waals surface area contributed by atoms with Crippen molar-refractivity contribution in [2.45, 2.75) is 62.1 Å². The molecule has 0 saturated carbocycles. The normalized spacial score (nSPS) is 14.2. The minimum atomic E-state index is -4.09. The van der Waals surface area contributed by atoms with Crippen LogP contribution in [0.4, 0.5) is 17.6 Å². The Labute approximate surface area is 104 Å². The van der Waals surface area contributed by atoms with Crippen molar-refractivity contribution in [2.75, 3.05) is 0 Å². The molecule has 0 atom stereocenters. The second-order valence-electron chi connectivity index (χ2n) is 4.26. The lowest BCUT2D eigenvalue weighted by Crippen LogP contribution is -2.39. The summed E-state index contributed by atoms with van der Waals surface area (Å²) in [6, 6.07) is 2.91. The van der Waals surface area contributed by atoms with Crippen molar-refractivity contribution in [1.29, 1.82) is 0 Å². The van der Waals surface area contributed by atoms with E-state index in [1.807, 2.05) is 20.8 Å². The highest BCUT2D eigenvalue weighted by Gasteiger charge is 2.54. The van der Waals surface area contributed by atoms with Gasteiger partial charge in [0.25, 0.3) is 0 Å². The Hall–Kier alpha value is 0.417. The molecule has 0 radical (unpaired) electrons. The van der Waals surface area contributed by atoms with Crippen LogP contribution in [-0.2, 0) is 0 Å². The lowest BCUT2D eigenvalue weighted by atomic mass is 10.3. The van der Waals surface area contributed by atoms with Gasteiger partial charge >= 0.3 is 10.8 Å². The van der Waals surface area contributed by atoms with Crippen LogP contribution in [0.5, 0.6) is 0 Å². The summed E-state index contributed by atoms with van der Waals surface area (Å²) in [4.78, 5) is -4.09. The number of hydrogen-bond acceptors (Lipinski definition) is 0. The van der Waals surface area contributed by atoms with Gasteiger partial charge in [-0.25, -0.2) is 0 Å². The summed E-state index contributed by atoms with van der Waals surface area (Å²) in [6.45, 7) is 5.93. The monoisotopic (exact) mass is 322 g/mol.